The van der Waals surface area contributed by atoms with Crippen molar-refractivity contribution in [1.29, 1.82) is 0 Å². The molecule has 4 aromatic rings. The van der Waals surface area contributed by atoms with Gasteiger partial charge in [-0.3, -0.25) is 19.2 Å². The highest BCUT2D eigenvalue weighted by Gasteiger charge is 2.48. The smallest absolute Gasteiger partial charge is 0.277 e. The van der Waals surface area contributed by atoms with Crippen molar-refractivity contribution in [2.75, 3.05) is 4.90 Å². The number of hydrogen-bond acceptors (Lipinski definition) is 4. The second kappa shape index (κ2) is 8.67. The molecule has 7 nitrogen and oxygen atoms in total. The van der Waals surface area contributed by atoms with Gasteiger partial charge in [-0.15, -0.1) is 0 Å². The summed E-state index contributed by atoms with van der Waals surface area (Å²) in [5.74, 6) is 0.0481. The Morgan fingerprint density at radius 3 is 2.50 bits per heavy atom. The first-order chi connectivity index (χ1) is 16.5. The zero-order chi connectivity index (χ0) is 23.7. The molecule has 0 bridgehead atoms. The number of benzene rings is 2. The van der Waals surface area contributed by atoms with Crippen molar-refractivity contribution < 1.29 is 14.0 Å². The van der Waals surface area contributed by atoms with E-state index in [0.29, 0.717) is 29.4 Å². The van der Waals surface area contributed by atoms with Gasteiger partial charge in [-0.25, -0.2) is 0 Å². The molecule has 172 valence electrons. The van der Waals surface area contributed by atoms with E-state index >= 15 is 0 Å². The minimum absolute atomic E-state index is 0.213. The fourth-order valence-corrected chi connectivity index (χ4v) is 4.38. The van der Waals surface area contributed by atoms with Crippen LogP contribution in [0.2, 0.25) is 0 Å². The Kier molecular flexibility index (Phi) is 5.53. The molecule has 1 atom stereocenters. The molecule has 0 saturated heterocycles. The third-order valence-electron chi connectivity index (χ3n) is 6.31. The highest BCUT2D eigenvalue weighted by Crippen LogP contribution is 2.34. The van der Waals surface area contributed by atoms with Gasteiger partial charge in [-0.2, -0.15) is 5.10 Å². The predicted molar refractivity (Wildman–Crippen MR) is 129 cm³/mol. The van der Waals surface area contributed by atoms with E-state index in [9.17, 15) is 9.59 Å². The van der Waals surface area contributed by atoms with Crippen LogP contribution < -0.4 is 10.2 Å². The minimum Gasteiger partial charge on any atom is -0.463 e. The third-order valence-corrected chi connectivity index (χ3v) is 6.31. The standard InChI is InChI=1S/C27H26N4O3/c1-3-19-11-13-21(14-12-19)31-25(32)23-16-22(24-10-7-15-34-24)29-30(23)18-27(31,2)26(33)28-17-20-8-5-4-6-9-20/h4-16H,3,17-18H2,1-2H3,(H,28,33)/t27-/m1/s1. The summed E-state index contributed by atoms with van der Waals surface area (Å²) in [7, 11) is 0. The molecule has 1 aliphatic heterocycles. The molecular formula is C27H26N4O3. The minimum atomic E-state index is -1.18. The topological polar surface area (TPSA) is 80.4 Å². The molecule has 34 heavy (non-hydrogen) atoms. The fraction of sp³-hybridized carbons (Fsp3) is 0.222. The molecule has 2 amide bonds. The van der Waals surface area contributed by atoms with Crippen LogP contribution in [0.4, 0.5) is 5.69 Å². The molecule has 0 fully saturated rings. The molecular weight excluding hydrogens is 428 g/mol. The lowest BCUT2D eigenvalue weighted by atomic mass is 9.93. The number of anilines is 1. The van der Waals surface area contributed by atoms with E-state index < -0.39 is 5.54 Å². The quantitative estimate of drug-likeness (QED) is 0.467. The van der Waals surface area contributed by atoms with Gasteiger partial charge in [0.05, 0.1) is 12.8 Å². The van der Waals surface area contributed by atoms with Gasteiger partial charge in [0, 0.05) is 18.3 Å². The lowest BCUT2D eigenvalue weighted by Crippen LogP contribution is -2.64. The summed E-state index contributed by atoms with van der Waals surface area (Å²) < 4.78 is 7.09. The number of furan rings is 1. The first-order valence-corrected chi connectivity index (χ1v) is 11.4. The average molecular weight is 455 g/mol. The van der Waals surface area contributed by atoms with Gasteiger partial charge in [0.2, 0.25) is 5.91 Å². The first kappa shape index (κ1) is 21.7. The van der Waals surface area contributed by atoms with Crippen molar-refractivity contribution >= 4 is 17.5 Å². The van der Waals surface area contributed by atoms with E-state index in [2.05, 4.69) is 17.3 Å². The maximum absolute atomic E-state index is 13.8. The van der Waals surface area contributed by atoms with Gasteiger partial charge in [0.15, 0.2) is 5.76 Å². The van der Waals surface area contributed by atoms with Crippen LogP contribution in [0.25, 0.3) is 11.5 Å². The van der Waals surface area contributed by atoms with Crippen molar-refractivity contribution in [1.82, 2.24) is 15.1 Å². The van der Waals surface area contributed by atoms with E-state index in [4.69, 9.17) is 4.42 Å². The van der Waals surface area contributed by atoms with E-state index in [1.54, 1.807) is 41.0 Å². The second-order valence-corrected chi connectivity index (χ2v) is 8.65. The maximum atomic E-state index is 13.8. The van der Waals surface area contributed by atoms with Crippen LogP contribution in [-0.2, 0) is 24.3 Å². The van der Waals surface area contributed by atoms with Crippen LogP contribution in [0.5, 0.6) is 0 Å². The summed E-state index contributed by atoms with van der Waals surface area (Å²) in [6, 6.07) is 22.8. The lowest BCUT2D eigenvalue weighted by molar-refractivity contribution is -0.126. The Morgan fingerprint density at radius 2 is 1.82 bits per heavy atom. The van der Waals surface area contributed by atoms with Crippen LogP contribution in [0.1, 0.15) is 35.5 Å². The van der Waals surface area contributed by atoms with Gasteiger partial charge >= 0.3 is 0 Å². The molecule has 7 heteroatoms. The molecule has 0 spiro atoms. The van der Waals surface area contributed by atoms with Crippen LogP contribution in [0.3, 0.4) is 0 Å². The van der Waals surface area contributed by atoms with E-state index in [0.717, 1.165) is 17.5 Å². The molecule has 0 saturated carbocycles. The summed E-state index contributed by atoms with van der Waals surface area (Å²) >= 11 is 0. The van der Waals surface area contributed by atoms with E-state index in [1.807, 2.05) is 54.6 Å². The molecule has 1 aliphatic rings. The maximum Gasteiger partial charge on any atom is 0.277 e. The lowest BCUT2D eigenvalue weighted by Gasteiger charge is -2.43. The normalized spacial score (nSPS) is 17.5. The van der Waals surface area contributed by atoms with E-state index in [-0.39, 0.29) is 18.4 Å². The van der Waals surface area contributed by atoms with Crippen LogP contribution in [-0.4, -0.2) is 27.1 Å². The largest absolute Gasteiger partial charge is 0.463 e. The van der Waals surface area contributed by atoms with Gasteiger partial charge < -0.3 is 9.73 Å². The molecule has 1 N–H and O–H groups in total. The van der Waals surface area contributed by atoms with Gasteiger partial charge in [0.1, 0.15) is 16.9 Å². The SMILES string of the molecule is CCc1ccc(N2C(=O)c3cc(-c4ccco4)nn3C[C@]2(C)C(=O)NCc2ccccc2)cc1. The monoisotopic (exact) mass is 454 g/mol. The van der Waals surface area contributed by atoms with Crippen molar-refractivity contribution in [2.24, 2.45) is 0 Å². The summed E-state index contributed by atoms with van der Waals surface area (Å²) in [5, 5.41) is 7.62. The highest BCUT2D eigenvalue weighted by molar-refractivity contribution is 6.12. The number of aromatic nitrogens is 2. The number of aryl methyl sites for hydroxylation is 1. The Labute approximate surface area is 198 Å². The molecule has 2 aromatic carbocycles. The Hall–Kier alpha value is -4.13. The summed E-state index contributed by atoms with van der Waals surface area (Å²) in [6.45, 7) is 4.45. The number of nitrogens with one attached hydrogen (secondary N) is 1. The molecule has 0 unspecified atom stereocenters. The van der Waals surface area contributed by atoms with Gasteiger partial charge in [-0.05, 0) is 48.7 Å². The van der Waals surface area contributed by atoms with E-state index in [1.165, 1.54) is 0 Å². The van der Waals surface area contributed by atoms with Crippen LogP contribution in [0.15, 0.2) is 83.5 Å². The van der Waals surface area contributed by atoms with Crippen LogP contribution in [0, 0.1) is 0 Å². The number of amides is 2. The number of fused-ring (bicyclic) bond motifs is 1. The summed E-state index contributed by atoms with van der Waals surface area (Å²) in [5.41, 5.74) is 2.61. The molecule has 0 radical (unpaired) electrons. The number of hydrogen-bond donors (Lipinski definition) is 1. The van der Waals surface area contributed by atoms with Crippen molar-refractivity contribution in [3.63, 3.8) is 0 Å². The summed E-state index contributed by atoms with van der Waals surface area (Å²) in [4.78, 5) is 29.0. The number of rotatable bonds is 6. The summed E-state index contributed by atoms with van der Waals surface area (Å²) in [6.07, 6.45) is 2.46. The fourth-order valence-electron chi connectivity index (χ4n) is 4.38. The molecule has 2 aromatic heterocycles. The number of carbonyl (C=O) groups excluding carboxylic acids is 2. The number of nitrogens with zero attached hydrogens (tertiary/aromatic N) is 3. The zero-order valence-electron chi connectivity index (χ0n) is 19.2. The third kappa shape index (κ3) is 3.79. The van der Waals surface area contributed by atoms with Gasteiger partial charge in [0.25, 0.3) is 5.91 Å². The Morgan fingerprint density at radius 1 is 1.06 bits per heavy atom. The van der Waals surface area contributed by atoms with Crippen molar-refractivity contribution in [3.05, 3.63) is 95.9 Å². The Balaban J connectivity index is 1.54. The van der Waals surface area contributed by atoms with Gasteiger partial charge in [-0.1, -0.05) is 49.4 Å². The predicted octanol–water partition coefficient (Wildman–Crippen LogP) is 4.44. The Bertz CT molecular complexity index is 1310. The highest BCUT2D eigenvalue weighted by atomic mass is 16.3. The zero-order valence-corrected chi connectivity index (χ0v) is 19.2. The molecule has 5 rings (SSSR count). The average Bonchev–Trinajstić information content (AvgIpc) is 3.54. The van der Waals surface area contributed by atoms with Crippen LogP contribution >= 0.6 is 0 Å². The molecule has 3 heterocycles. The molecule has 0 aliphatic carbocycles. The van der Waals surface area contributed by atoms with Crippen molar-refractivity contribution in [2.45, 2.75) is 38.9 Å². The first-order valence-electron chi connectivity index (χ1n) is 11.4. The number of carbonyl (C=O) groups is 2. The second-order valence-electron chi connectivity index (χ2n) is 8.65. The van der Waals surface area contributed by atoms with Crippen molar-refractivity contribution in [3.8, 4) is 11.5 Å².